The predicted octanol–water partition coefficient (Wildman–Crippen LogP) is 2.08. The van der Waals surface area contributed by atoms with Crippen molar-refractivity contribution in [2.45, 2.75) is 19.5 Å². The molecule has 2 aromatic carbocycles. The number of carbonyl (C=O) groups excluding carboxylic acids is 1. The first-order chi connectivity index (χ1) is 12.2. The van der Waals surface area contributed by atoms with Crippen LogP contribution in [-0.4, -0.2) is 42.2 Å². The van der Waals surface area contributed by atoms with Crippen molar-refractivity contribution in [1.29, 1.82) is 0 Å². The molecule has 1 aliphatic heterocycles. The van der Waals surface area contributed by atoms with E-state index in [1.54, 1.807) is 24.3 Å². The highest BCUT2D eigenvalue weighted by Crippen LogP contribution is 2.11. The summed E-state index contributed by atoms with van der Waals surface area (Å²) in [5.74, 6) is 0.185. The Hall–Kier alpha value is -2.37. The van der Waals surface area contributed by atoms with Crippen molar-refractivity contribution in [3.05, 3.63) is 65.2 Å². The van der Waals surface area contributed by atoms with Gasteiger partial charge in [-0.3, -0.25) is 9.69 Å². The molecule has 0 aliphatic carbocycles. The number of nitrogens with one attached hydrogen (secondary N) is 1. The Morgan fingerprint density at radius 3 is 2.24 bits per heavy atom. The normalized spacial score (nSPS) is 15.0. The molecule has 1 saturated heterocycles. The smallest absolute Gasteiger partial charge is 0.224 e. The van der Waals surface area contributed by atoms with Gasteiger partial charge in [-0.15, -0.1) is 0 Å². The van der Waals surface area contributed by atoms with Crippen molar-refractivity contribution in [3.8, 4) is 5.75 Å². The summed E-state index contributed by atoms with van der Waals surface area (Å²) >= 11 is 0. The number of benzene rings is 2. The van der Waals surface area contributed by atoms with Crippen LogP contribution in [0.2, 0.25) is 0 Å². The summed E-state index contributed by atoms with van der Waals surface area (Å²) in [4.78, 5) is 14.4. The second-order valence-corrected chi connectivity index (χ2v) is 6.32. The minimum Gasteiger partial charge on any atom is -0.508 e. The van der Waals surface area contributed by atoms with Gasteiger partial charge in [-0.1, -0.05) is 36.4 Å². The zero-order chi connectivity index (χ0) is 17.5. The summed E-state index contributed by atoms with van der Waals surface area (Å²) in [6.45, 7) is 5.05. The van der Waals surface area contributed by atoms with Crippen molar-refractivity contribution < 1.29 is 14.6 Å². The highest BCUT2D eigenvalue weighted by atomic mass is 16.5. The lowest BCUT2D eigenvalue weighted by molar-refractivity contribution is -0.120. The van der Waals surface area contributed by atoms with Crippen molar-refractivity contribution >= 4 is 5.91 Å². The van der Waals surface area contributed by atoms with Crippen LogP contribution in [0.1, 0.15) is 16.7 Å². The number of rotatable bonds is 6. The number of amides is 1. The molecule has 0 spiro atoms. The molecule has 1 aliphatic rings. The first kappa shape index (κ1) is 17.5. The standard InChI is InChI=1S/C20H24N2O3/c23-19-7-5-16(6-8-19)13-20(24)21-14-17-1-3-18(4-2-17)15-22-9-11-25-12-10-22/h1-8,23H,9-15H2,(H,21,24). The minimum absolute atomic E-state index is 0.0249. The third-order valence-electron chi connectivity index (χ3n) is 4.32. The number of hydrogen-bond acceptors (Lipinski definition) is 4. The average Bonchev–Trinajstić information content (AvgIpc) is 2.64. The molecule has 1 heterocycles. The zero-order valence-electron chi connectivity index (χ0n) is 14.3. The van der Waals surface area contributed by atoms with Crippen LogP contribution in [0.25, 0.3) is 0 Å². The molecule has 2 N–H and O–H groups in total. The van der Waals surface area contributed by atoms with Gasteiger partial charge in [0, 0.05) is 26.2 Å². The highest BCUT2D eigenvalue weighted by Gasteiger charge is 2.10. The zero-order valence-corrected chi connectivity index (χ0v) is 14.3. The Bertz CT molecular complexity index is 677. The predicted molar refractivity (Wildman–Crippen MR) is 96.2 cm³/mol. The lowest BCUT2D eigenvalue weighted by Gasteiger charge is -2.26. The number of phenols is 1. The summed E-state index contributed by atoms with van der Waals surface area (Å²) < 4.78 is 5.37. The molecule has 132 valence electrons. The molecule has 1 fully saturated rings. The minimum atomic E-state index is -0.0249. The van der Waals surface area contributed by atoms with Gasteiger partial charge in [0.15, 0.2) is 0 Å². The maximum absolute atomic E-state index is 12.0. The van der Waals surface area contributed by atoms with E-state index in [1.807, 2.05) is 0 Å². The molecule has 5 heteroatoms. The summed E-state index contributed by atoms with van der Waals surface area (Å²) in [7, 11) is 0. The van der Waals surface area contributed by atoms with Crippen LogP contribution in [0.15, 0.2) is 48.5 Å². The topological polar surface area (TPSA) is 61.8 Å². The van der Waals surface area contributed by atoms with Crippen LogP contribution < -0.4 is 5.32 Å². The number of morpholine rings is 1. The Morgan fingerprint density at radius 2 is 1.56 bits per heavy atom. The van der Waals surface area contributed by atoms with E-state index in [4.69, 9.17) is 4.74 Å². The molecule has 0 radical (unpaired) electrons. The largest absolute Gasteiger partial charge is 0.508 e. The third kappa shape index (κ3) is 5.59. The van der Waals surface area contributed by atoms with Gasteiger partial charge in [-0.25, -0.2) is 0 Å². The number of carbonyl (C=O) groups is 1. The number of phenolic OH excluding ortho intramolecular Hbond substituents is 1. The molecule has 0 bridgehead atoms. The second kappa shape index (κ2) is 8.65. The van der Waals surface area contributed by atoms with Gasteiger partial charge >= 0.3 is 0 Å². The van der Waals surface area contributed by atoms with E-state index in [0.717, 1.165) is 44.0 Å². The van der Waals surface area contributed by atoms with Gasteiger partial charge < -0.3 is 15.2 Å². The van der Waals surface area contributed by atoms with Gasteiger partial charge in [-0.05, 0) is 28.8 Å². The van der Waals surface area contributed by atoms with Crippen molar-refractivity contribution in [2.75, 3.05) is 26.3 Å². The van der Waals surface area contributed by atoms with Crippen molar-refractivity contribution in [2.24, 2.45) is 0 Å². The second-order valence-electron chi connectivity index (χ2n) is 6.32. The fourth-order valence-electron chi connectivity index (χ4n) is 2.84. The fraction of sp³-hybridized carbons (Fsp3) is 0.350. The molecule has 2 aromatic rings. The summed E-state index contributed by atoms with van der Waals surface area (Å²) in [6.07, 6.45) is 0.315. The molecule has 5 nitrogen and oxygen atoms in total. The van der Waals surface area contributed by atoms with Crippen LogP contribution >= 0.6 is 0 Å². The first-order valence-corrected chi connectivity index (χ1v) is 8.61. The fourth-order valence-corrected chi connectivity index (χ4v) is 2.84. The van der Waals surface area contributed by atoms with E-state index in [1.165, 1.54) is 5.56 Å². The lowest BCUT2D eigenvalue weighted by atomic mass is 10.1. The SMILES string of the molecule is O=C(Cc1ccc(O)cc1)NCc1ccc(CN2CCOCC2)cc1. The maximum atomic E-state index is 12.0. The number of hydrogen-bond donors (Lipinski definition) is 2. The van der Waals surface area contributed by atoms with E-state index < -0.39 is 0 Å². The molecule has 3 rings (SSSR count). The monoisotopic (exact) mass is 340 g/mol. The van der Waals surface area contributed by atoms with E-state index in [0.29, 0.717) is 13.0 Å². The van der Waals surface area contributed by atoms with Crippen LogP contribution in [-0.2, 0) is 29.0 Å². The van der Waals surface area contributed by atoms with Gasteiger partial charge in [-0.2, -0.15) is 0 Å². The van der Waals surface area contributed by atoms with Gasteiger partial charge in [0.1, 0.15) is 5.75 Å². The Balaban J connectivity index is 1.44. The molecule has 1 amide bonds. The molecule has 0 aromatic heterocycles. The van der Waals surface area contributed by atoms with Gasteiger partial charge in [0.25, 0.3) is 0 Å². The quantitative estimate of drug-likeness (QED) is 0.845. The highest BCUT2D eigenvalue weighted by molar-refractivity contribution is 5.78. The van der Waals surface area contributed by atoms with E-state index in [2.05, 4.69) is 34.5 Å². The molecular formula is C20H24N2O3. The van der Waals surface area contributed by atoms with Crippen molar-refractivity contribution in [3.63, 3.8) is 0 Å². The van der Waals surface area contributed by atoms with Gasteiger partial charge in [0.05, 0.1) is 19.6 Å². The molecular weight excluding hydrogens is 316 g/mol. The molecule has 0 saturated carbocycles. The summed E-state index contributed by atoms with van der Waals surface area (Å²) in [6, 6.07) is 15.1. The van der Waals surface area contributed by atoms with Crippen molar-refractivity contribution in [1.82, 2.24) is 10.2 Å². The Kier molecular flexibility index (Phi) is 6.04. The van der Waals surface area contributed by atoms with E-state index in [-0.39, 0.29) is 11.7 Å². The average molecular weight is 340 g/mol. The van der Waals surface area contributed by atoms with Crippen LogP contribution in [0.5, 0.6) is 5.75 Å². The molecule has 25 heavy (non-hydrogen) atoms. The van der Waals surface area contributed by atoms with E-state index in [9.17, 15) is 9.90 Å². The van der Waals surface area contributed by atoms with Gasteiger partial charge in [0.2, 0.25) is 5.91 Å². The Labute approximate surface area is 148 Å². The third-order valence-corrected chi connectivity index (χ3v) is 4.32. The molecule has 0 atom stereocenters. The summed E-state index contributed by atoms with van der Waals surface area (Å²) in [5, 5.41) is 12.2. The number of aromatic hydroxyl groups is 1. The van der Waals surface area contributed by atoms with Crippen LogP contribution in [0, 0.1) is 0 Å². The molecule has 0 unspecified atom stereocenters. The number of nitrogens with zero attached hydrogens (tertiary/aromatic N) is 1. The number of ether oxygens (including phenoxy) is 1. The first-order valence-electron chi connectivity index (χ1n) is 8.61. The van der Waals surface area contributed by atoms with E-state index >= 15 is 0 Å². The lowest BCUT2D eigenvalue weighted by Crippen LogP contribution is -2.35. The van der Waals surface area contributed by atoms with Crippen LogP contribution in [0.3, 0.4) is 0 Å². The summed E-state index contributed by atoms with van der Waals surface area (Å²) in [5.41, 5.74) is 3.25. The Morgan fingerprint density at radius 1 is 0.960 bits per heavy atom. The van der Waals surface area contributed by atoms with Crippen LogP contribution in [0.4, 0.5) is 0 Å². The maximum Gasteiger partial charge on any atom is 0.224 e.